The summed E-state index contributed by atoms with van der Waals surface area (Å²) in [6, 6.07) is 9.10. The van der Waals surface area contributed by atoms with Crippen molar-refractivity contribution in [2.24, 2.45) is 0 Å². The van der Waals surface area contributed by atoms with Gasteiger partial charge in [-0.15, -0.1) is 0 Å². The maximum Gasteiger partial charge on any atom is 0.0285 e. The molecule has 0 radical (unpaired) electrons. The Balaban J connectivity index is 1.84. The second kappa shape index (κ2) is 6.78. The highest BCUT2D eigenvalue weighted by Crippen LogP contribution is 2.17. The van der Waals surface area contributed by atoms with Gasteiger partial charge in [0, 0.05) is 41.7 Å². The zero-order valence-corrected chi connectivity index (χ0v) is 12.6. The second-order valence-corrected chi connectivity index (χ2v) is 6.52. The lowest BCUT2D eigenvalue weighted by Crippen LogP contribution is -2.44. The molecule has 1 fully saturated rings. The van der Waals surface area contributed by atoms with Gasteiger partial charge in [-0.3, -0.25) is 0 Å². The molecule has 1 aliphatic heterocycles. The van der Waals surface area contributed by atoms with E-state index in [9.17, 15) is 0 Å². The van der Waals surface area contributed by atoms with Crippen molar-refractivity contribution in [2.45, 2.75) is 12.6 Å². The first kappa shape index (κ1) is 13.4. The van der Waals surface area contributed by atoms with Crippen molar-refractivity contribution in [1.82, 2.24) is 10.2 Å². The first-order valence-corrected chi connectivity index (χ1v) is 7.93. The summed E-state index contributed by atoms with van der Waals surface area (Å²) in [5, 5.41) is 3.58. The average Bonchev–Trinajstić information content (AvgIpc) is 2.33. The molecule has 0 spiro atoms. The van der Waals surface area contributed by atoms with Crippen molar-refractivity contribution in [3.8, 4) is 0 Å². The minimum absolute atomic E-state index is 0.640. The Hall–Kier alpha value is -0.0300. The molecule has 0 saturated carbocycles. The maximum atomic E-state index is 3.60. The van der Waals surface area contributed by atoms with Gasteiger partial charge in [-0.1, -0.05) is 34.1 Å². The lowest BCUT2D eigenvalue weighted by molar-refractivity contribution is 0.291. The molecule has 1 unspecified atom stereocenters. The van der Waals surface area contributed by atoms with E-state index in [1.54, 1.807) is 0 Å². The van der Waals surface area contributed by atoms with Crippen molar-refractivity contribution < 1.29 is 0 Å². The van der Waals surface area contributed by atoms with Crippen LogP contribution in [0, 0.1) is 0 Å². The van der Waals surface area contributed by atoms with Crippen LogP contribution in [-0.4, -0.2) is 42.6 Å². The van der Waals surface area contributed by atoms with E-state index < -0.39 is 0 Å². The van der Waals surface area contributed by atoms with Crippen LogP contribution in [0.25, 0.3) is 0 Å². The molecule has 0 amide bonds. The summed E-state index contributed by atoms with van der Waals surface area (Å²) in [5.74, 6) is 2.49. The summed E-state index contributed by atoms with van der Waals surface area (Å²) in [7, 11) is 2.19. The van der Waals surface area contributed by atoms with Gasteiger partial charge in [0.05, 0.1) is 0 Å². The highest BCUT2D eigenvalue weighted by Gasteiger charge is 2.15. The number of likely N-dealkylation sites (N-methyl/N-ethyl adjacent to an activating group) is 1. The lowest BCUT2D eigenvalue weighted by atomic mass is 10.2. The Morgan fingerprint density at radius 3 is 3.00 bits per heavy atom. The molecule has 0 aromatic heterocycles. The summed E-state index contributed by atoms with van der Waals surface area (Å²) in [6.45, 7) is 3.27. The molecule has 2 nitrogen and oxygen atoms in total. The SMILES string of the molecule is CN(Cc1ccccc1Br)CC1CSCCN1. The Morgan fingerprint density at radius 1 is 1.47 bits per heavy atom. The number of nitrogens with zero attached hydrogens (tertiary/aromatic N) is 1. The number of nitrogens with one attached hydrogen (secondary N) is 1. The minimum Gasteiger partial charge on any atom is -0.311 e. The molecule has 1 N–H and O–H groups in total. The molecule has 1 aromatic carbocycles. The molecule has 1 aliphatic rings. The van der Waals surface area contributed by atoms with Gasteiger partial charge in [-0.2, -0.15) is 11.8 Å². The quantitative estimate of drug-likeness (QED) is 0.919. The van der Waals surface area contributed by atoms with Gasteiger partial charge in [0.25, 0.3) is 0 Å². The summed E-state index contributed by atoms with van der Waals surface area (Å²) in [5.41, 5.74) is 1.36. The predicted octanol–water partition coefficient (Wildman–Crippen LogP) is 2.59. The van der Waals surface area contributed by atoms with Crippen molar-refractivity contribution >= 4 is 27.7 Å². The van der Waals surface area contributed by atoms with Gasteiger partial charge in [0.1, 0.15) is 0 Å². The summed E-state index contributed by atoms with van der Waals surface area (Å²) in [4.78, 5) is 2.39. The highest BCUT2D eigenvalue weighted by molar-refractivity contribution is 9.10. The zero-order chi connectivity index (χ0) is 12.1. The van der Waals surface area contributed by atoms with Crippen molar-refractivity contribution in [1.29, 1.82) is 0 Å². The maximum absolute atomic E-state index is 3.60. The fourth-order valence-electron chi connectivity index (χ4n) is 2.10. The molecule has 17 heavy (non-hydrogen) atoms. The lowest BCUT2D eigenvalue weighted by Gasteiger charge is -2.28. The first-order valence-electron chi connectivity index (χ1n) is 5.99. The molecule has 0 aliphatic carbocycles. The normalized spacial score (nSPS) is 20.8. The van der Waals surface area contributed by atoms with Crippen LogP contribution in [0.5, 0.6) is 0 Å². The molecule has 2 rings (SSSR count). The van der Waals surface area contributed by atoms with Gasteiger partial charge in [0.2, 0.25) is 0 Å². The van der Waals surface area contributed by atoms with Gasteiger partial charge < -0.3 is 10.2 Å². The molecule has 1 saturated heterocycles. The van der Waals surface area contributed by atoms with Crippen LogP contribution in [0.15, 0.2) is 28.7 Å². The fourth-order valence-corrected chi connectivity index (χ4v) is 3.44. The highest BCUT2D eigenvalue weighted by atomic mass is 79.9. The van der Waals surface area contributed by atoms with E-state index in [0.717, 1.165) is 19.6 Å². The molecule has 1 aromatic rings. The Bertz CT molecular complexity index is 353. The third kappa shape index (κ3) is 4.28. The molecule has 0 bridgehead atoms. The third-order valence-corrected chi connectivity index (χ3v) is 4.83. The van der Waals surface area contributed by atoms with Crippen molar-refractivity contribution in [3.05, 3.63) is 34.3 Å². The fraction of sp³-hybridized carbons (Fsp3) is 0.538. The van der Waals surface area contributed by atoms with Gasteiger partial charge in [-0.25, -0.2) is 0 Å². The predicted molar refractivity (Wildman–Crippen MR) is 79.6 cm³/mol. The smallest absolute Gasteiger partial charge is 0.0285 e. The molecular weight excluding hydrogens is 296 g/mol. The number of hydrogen-bond donors (Lipinski definition) is 1. The number of rotatable bonds is 4. The van der Waals surface area contributed by atoms with Crippen molar-refractivity contribution in [2.75, 3.05) is 31.6 Å². The first-order chi connectivity index (χ1) is 8.25. The number of thioether (sulfide) groups is 1. The standard InChI is InChI=1S/C13H19BrN2S/c1-16(9-12-10-17-7-6-15-12)8-11-4-2-3-5-13(11)14/h2-5,12,15H,6-10H2,1H3. The van der Waals surface area contributed by atoms with Crippen molar-refractivity contribution in [3.63, 3.8) is 0 Å². The van der Waals surface area contributed by atoms with Crippen LogP contribution in [0.3, 0.4) is 0 Å². The van der Waals surface area contributed by atoms with Gasteiger partial charge in [-0.05, 0) is 18.7 Å². The van der Waals surface area contributed by atoms with E-state index in [-0.39, 0.29) is 0 Å². The second-order valence-electron chi connectivity index (χ2n) is 4.51. The molecule has 94 valence electrons. The molecule has 4 heteroatoms. The summed E-state index contributed by atoms with van der Waals surface area (Å²) < 4.78 is 1.21. The number of halogens is 1. The Kier molecular flexibility index (Phi) is 5.35. The molecule has 1 heterocycles. The number of hydrogen-bond acceptors (Lipinski definition) is 3. The van der Waals surface area contributed by atoms with E-state index in [4.69, 9.17) is 0 Å². The van der Waals surface area contributed by atoms with Crippen LogP contribution >= 0.6 is 27.7 Å². The monoisotopic (exact) mass is 314 g/mol. The largest absolute Gasteiger partial charge is 0.311 e. The van der Waals surface area contributed by atoms with Crippen LogP contribution in [-0.2, 0) is 6.54 Å². The van der Waals surface area contributed by atoms with E-state index in [1.165, 1.54) is 21.5 Å². The van der Waals surface area contributed by atoms with Crippen LogP contribution in [0.2, 0.25) is 0 Å². The zero-order valence-electron chi connectivity index (χ0n) is 10.2. The third-order valence-electron chi connectivity index (χ3n) is 2.93. The molecular formula is C13H19BrN2S. The Morgan fingerprint density at radius 2 is 2.29 bits per heavy atom. The van der Waals surface area contributed by atoms with Gasteiger partial charge >= 0.3 is 0 Å². The number of benzene rings is 1. The van der Waals surface area contributed by atoms with E-state index >= 15 is 0 Å². The summed E-state index contributed by atoms with van der Waals surface area (Å²) in [6.07, 6.45) is 0. The van der Waals surface area contributed by atoms with E-state index in [0.29, 0.717) is 6.04 Å². The van der Waals surface area contributed by atoms with Gasteiger partial charge in [0.15, 0.2) is 0 Å². The van der Waals surface area contributed by atoms with E-state index in [2.05, 4.69) is 69.2 Å². The minimum atomic E-state index is 0.640. The van der Waals surface area contributed by atoms with Crippen LogP contribution in [0.4, 0.5) is 0 Å². The summed E-state index contributed by atoms with van der Waals surface area (Å²) >= 11 is 5.66. The van der Waals surface area contributed by atoms with Crippen LogP contribution < -0.4 is 5.32 Å². The van der Waals surface area contributed by atoms with E-state index in [1.807, 2.05) is 0 Å². The Labute approximate surface area is 116 Å². The van der Waals surface area contributed by atoms with Crippen LogP contribution in [0.1, 0.15) is 5.56 Å². The topological polar surface area (TPSA) is 15.3 Å². The molecule has 1 atom stereocenters. The average molecular weight is 315 g/mol.